The first-order valence-corrected chi connectivity index (χ1v) is 5.40. The molecule has 2 unspecified atom stereocenters. The fraction of sp³-hybridized carbons (Fsp3) is 0.417. The zero-order valence-electron chi connectivity index (χ0n) is 9.84. The number of carbonyl (C=O) groups excluding carboxylic acids is 1. The highest BCUT2D eigenvalue weighted by molar-refractivity contribution is 5.76. The van der Waals surface area contributed by atoms with Crippen molar-refractivity contribution >= 4 is 5.91 Å². The molecule has 0 fully saturated rings. The maximum Gasteiger partial charge on any atom is 0.222 e. The number of rotatable bonds is 4. The Hall–Kier alpha value is -1.49. The molecule has 3 N–H and O–H groups in total. The quantitative estimate of drug-likeness (QED) is 0.847. The highest BCUT2D eigenvalue weighted by Gasteiger charge is 2.15. The summed E-state index contributed by atoms with van der Waals surface area (Å²) in [5.74, 6) is -1.36. The van der Waals surface area contributed by atoms with Gasteiger partial charge in [0.15, 0.2) is 0 Å². The standard InChI is InChI=1S/C12H16F2N2O/c1-7(15)5-12(17)16-8(2)10-6-9(13)3-4-11(10)14/h3-4,6-8H,5,15H2,1-2H3,(H,16,17). The highest BCUT2D eigenvalue weighted by Crippen LogP contribution is 2.17. The molecule has 0 saturated heterocycles. The first-order valence-electron chi connectivity index (χ1n) is 5.40. The van der Waals surface area contributed by atoms with Gasteiger partial charge in [0.05, 0.1) is 6.04 Å². The topological polar surface area (TPSA) is 55.1 Å². The molecule has 0 aliphatic heterocycles. The third-order valence-corrected chi connectivity index (χ3v) is 2.31. The summed E-state index contributed by atoms with van der Waals surface area (Å²) in [6.07, 6.45) is 0.154. The second kappa shape index (κ2) is 5.72. The summed E-state index contributed by atoms with van der Waals surface area (Å²) in [7, 11) is 0. The first kappa shape index (κ1) is 13.6. The third kappa shape index (κ3) is 4.11. The molecule has 1 rings (SSSR count). The molecule has 3 nitrogen and oxygen atoms in total. The number of amides is 1. The minimum atomic E-state index is -0.586. The van der Waals surface area contributed by atoms with Gasteiger partial charge >= 0.3 is 0 Å². The van der Waals surface area contributed by atoms with Gasteiger partial charge in [-0.2, -0.15) is 0 Å². The van der Waals surface area contributed by atoms with E-state index in [0.29, 0.717) is 0 Å². The molecule has 0 aliphatic carbocycles. The van der Waals surface area contributed by atoms with Crippen LogP contribution in [0.4, 0.5) is 8.78 Å². The Kier molecular flexibility index (Phi) is 4.57. The molecule has 0 saturated carbocycles. The van der Waals surface area contributed by atoms with Crippen LogP contribution >= 0.6 is 0 Å². The summed E-state index contributed by atoms with van der Waals surface area (Å²) in [6.45, 7) is 3.30. The van der Waals surface area contributed by atoms with Crippen LogP contribution in [0.5, 0.6) is 0 Å². The number of halogens is 2. The van der Waals surface area contributed by atoms with E-state index >= 15 is 0 Å². The number of carbonyl (C=O) groups is 1. The fourth-order valence-corrected chi connectivity index (χ4v) is 1.52. The van der Waals surface area contributed by atoms with E-state index in [2.05, 4.69) is 5.32 Å². The van der Waals surface area contributed by atoms with Crippen LogP contribution in [0.25, 0.3) is 0 Å². The van der Waals surface area contributed by atoms with Gasteiger partial charge in [-0.05, 0) is 32.0 Å². The van der Waals surface area contributed by atoms with Gasteiger partial charge in [0.1, 0.15) is 11.6 Å². The van der Waals surface area contributed by atoms with Crippen LogP contribution in [-0.4, -0.2) is 11.9 Å². The maximum atomic E-state index is 13.4. The lowest BCUT2D eigenvalue weighted by atomic mass is 10.1. The molecule has 0 aliphatic rings. The van der Waals surface area contributed by atoms with E-state index in [-0.39, 0.29) is 23.9 Å². The van der Waals surface area contributed by atoms with E-state index in [1.165, 1.54) is 0 Å². The summed E-state index contributed by atoms with van der Waals surface area (Å²) < 4.78 is 26.3. The lowest BCUT2D eigenvalue weighted by Crippen LogP contribution is -2.32. The second-order valence-corrected chi connectivity index (χ2v) is 4.14. The number of nitrogens with two attached hydrogens (primary N) is 1. The highest BCUT2D eigenvalue weighted by atomic mass is 19.1. The van der Waals surface area contributed by atoms with Crippen molar-refractivity contribution in [3.63, 3.8) is 0 Å². The van der Waals surface area contributed by atoms with Gasteiger partial charge in [0, 0.05) is 18.0 Å². The summed E-state index contributed by atoms with van der Waals surface area (Å²) in [5.41, 5.74) is 5.59. The van der Waals surface area contributed by atoms with E-state index in [0.717, 1.165) is 18.2 Å². The van der Waals surface area contributed by atoms with E-state index in [4.69, 9.17) is 5.73 Å². The molecule has 0 bridgehead atoms. The number of benzene rings is 1. The minimum absolute atomic E-state index is 0.128. The lowest BCUT2D eigenvalue weighted by Gasteiger charge is -2.16. The molecule has 0 radical (unpaired) electrons. The molecule has 0 spiro atoms. The van der Waals surface area contributed by atoms with Crippen molar-refractivity contribution in [1.29, 1.82) is 0 Å². The van der Waals surface area contributed by atoms with E-state index < -0.39 is 17.7 Å². The van der Waals surface area contributed by atoms with Gasteiger partial charge in [0.2, 0.25) is 5.91 Å². The Morgan fingerprint density at radius 2 is 2.06 bits per heavy atom. The predicted molar refractivity (Wildman–Crippen MR) is 61.2 cm³/mol. The SMILES string of the molecule is CC(N)CC(=O)NC(C)c1cc(F)ccc1F. The number of hydrogen-bond acceptors (Lipinski definition) is 2. The second-order valence-electron chi connectivity index (χ2n) is 4.14. The summed E-state index contributed by atoms with van der Waals surface area (Å²) in [4.78, 5) is 11.4. The Labute approximate surface area is 99.0 Å². The van der Waals surface area contributed by atoms with Crippen molar-refractivity contribution in [2.75, 3.05) is 0 Å². The molecule has 0 heterocycles. The van der Waals surface area contributed by atoms with Gasteiger partial charge in [-0.25, -0.2) is 8.78 Å². The molecule has 1 amide bonds. The summed E-state index contributed by atoms with van der Waals surface area (Å²) in [5, 5.41) is 2.57. The molecule has 94 valence electrons. The van der Waals surface area contributed by atoms with Gasteiger partial charge in [-0.15, -0.1) is 0 Å². The van der Waals surface area contributed by atoms with Crippen LogP contribution in [-0.2, 0) is 4.79 Å². The van der Waals surface area contributed by atoms with Crippen molar-refractivity contribution in [3.05, 3.63) is 35.4 Å². The number of nitrogens with one attached hydrogen (secondary N) is 1. The molecule has 1 aromatic carbocycles. The molecule has 2 atom stereocenters. The summed E-state index contributed by atoms with van der Waals surface area (Å²) in [6, 6.07) is 2.30. The first-order chi connectivity index (χ1) is 7.90. The molecular formula is C12H16F2N2O. The average molecular weight is 242 g/mol. The lowest BCUT2D eigenvalue weighted by molar-refractivity contribution is -0.122. The zero-order chi connectivity index (χ0) is 13.0. The van der Waals surface area contributed by atoms with Gasteiger partial charge in [0.25, 0.3) is 0 Å². The summed E-state index contributed by atoms with van der Waals surface area (Å²) >= 11 is 0. The monoisotopic (exact) mass is 242 g/mol. The molecule has 1 aromatic rings. The Morgan fingerprint density at radius 1 is 1.41 bits per heavy atom. The van der Waals surface area contributed by atoms with Crippen molar-refractivity contribution in [2.24, 2.45) is 5.73 Å². The van der Waals surface area contributed by atoms with E-state index in [9.17, 15) is 13.6 Å². The van der Waals surface area contributed by atoms with Crippen LogP contribution < -0.4 is 11.1 Å². The van der Waals surface area contributed by atoms with Gasteiger partial charge < -0.3 is 11.1 Å². The smallest absolute Gasteiger partial charge is 0.222 e. The van der Waals surface area contributed by atoms with Crippen molar-refractivity contribution in [1.82, 2.24) is 5.32 Å². The molecule has 5 heteroatoms. The predicted octanol–water partition coefficient (Wildman–Crippen LogP) is 1.88. The fourth-order valence-electron chi connectivity index (χ4n) is 1.52. The Morgan fingerprint density at radius 3 is 2.65 bits per heavy atom. The van der Waals surface area contributed by atoms with Crippen LogP contribution in [0.15, 0.2) is 18.2 Å². The Balaban J connectivity index is 2.72. The Bertz CT molecular complexity index is 407. The van der Waals surface area contributed by atoms with E-state index in [1.54, 1.807) is 13.8 Å². The average Bonchev–Trinajstić information content (AvgIpc) is 2.20. The molecule has 0 aromatic heterocycles. The maximum absolute atomic E-state index is 13.4. The minimum Gasteiger partial charge on any atom is -0.349 e. The normalized spacial score (nSPS) is 14.2. The van der Waals surface area contributed by atoms with Crippen LogP contribution in [0.2, 0.25) is 0 Å². The van der Waals surface area contributed by atoms with Crippen molar-refractivity contribution in [3.8, 4) is 0 Å². The van der Waals surface area contributed by atoms with Crippen molar-refractivity contribution in [2.45, 2.75) is 32.4 Å². The van der Waals surface area contributed by atoms with Gasteiger partial charge in [-0.1, -0.05) is 0 Å². The molecule has 17 heavy (non-hydrogen) atoms. The largest absolute Gasteiger partial charge is 0.349 e. The van der Waals surface area contributed by atoms with Crippen LogP contribution in [0, 0.1) is 11.6 Å². The van der Waals surface area contributed by atoms with Crippen molar-refractivity contribution < 1.29 is 13.6 Å². The zero-order valence-corrected chi connectivity index (χ0v) is 9.84. The molecular weight excluding hydrogens is 226 g/mol. The van der Waals surface area contributed by atoms with E-state index in [1.807, 2.05) is 0 Å². The third-order valence-electron chi connectivity index (χ3n) is 2.31. The number of hydrogen-bond donors (Lipinski definition) is 2. The van der Waals surface area contributed by atoms with Gasteiger partial charge in [-0.3, -0.25) is 4.79 Å². The van der Waals surface area contributed by atoms with Crippen LogP contribution in [0.3, 0.4) is 0 Å². The van der Waals surface area contributed by atoms with Crippen LogP contribution in [0.1, 0.15) is 31.9 Å².